The number of nitrogens with zero attached hydrogens (tertiary/aromatic N) is 3. The summed E-state index contributed by atoms with van der Waals surface area (Å²) in [7, 11) is 0. The van der Waals surface area contributed by atoms with Crippen LogP contribution in [0.4, 0.5) is 26.1 Å². The first-order chi connectivity index (χ1) is 14.5. The molecule has 30 heavy (non-hydrogen) atoms. The van der Waals surface area contributed by atoms with Crippen molar-refractivity contribution in [2.24, 2.45) is 0 Å². The predicted molar refractivity (Wildman–Crippen MR) is 114 cm³/mol. The SMILES string of the molecule is Nc1ccc(-c2nc(Nc3n[nH]c4c(F)cc(F)cc34)c3ccccc3n2)c(Cl)c1. The highest BCUT2D eigenvalue weighted by molar-refractivity contribution is 6.33. The largest absolute Gasteiger partial charge is 0.399 e. The lowest BCUT2D eigenvalue weighted by atomic mass is 10.1. The van der Waals surface area contributed by atoms with Crippen LogP contribution in [0.1, 0.15) is 0 Å². The number of rotatable bonds is 3. The Kier molecular flexibility index (Phi) is 4.22. The smallest absolute Gasteiger partial charge is 0.163 e. The van der Waals surface area contributed by atoms with Crippen molar-refractivity contribution in [2.45, 2.75) is 0 Å². The molecule has 9 heteroatoms. The Labute approximate surface area is 173 Å². The molecule has 5 aromatic rings. The molecule has 3 aromatic carbocycles. The average molecular weight is 423 g/mol. The van der Waals surface area contributed by atoms with Gasteiger partial charge in [-0.25, -0.2) is 18.7 Å². The number of nitrogens with one attached hydrogen (secondary N) is 2. The quantitative estimate of drug-likeness (QED) is 0.337. The van der Waals surface area contributed by atoms with Crippen LogP contribution >= 0.6 is 11.6 Å². The molecule has 2 heterocycles. The van der Waals surface area contributed by atoms with Crippen LogP contribution in [-0.2, 0) is 0 Å². The summed E-state index contributed by atoms with van der Waals surface area (Å²) in [4.78, 5) is 9.19. The molecular weight excluding hydrogens is 410 g/mol. The van der Waals surface area contributed by atoms with Gasteiger partial charge in [0.2, 0.25) is 0 Å². The van der Waals surface area contributed by atoms with Crippen LogP contribution in [0.3, 0.4) is 0 Å². The normalized spacial score (nSPS) is 11.3. The Bertz CT molecular complexity index is 1430. The summed E-state index contributed by atoms with van der Waals surface area (Å²) in [5.41, 5.74) is 7.67. The van der Waals surface area contributed by atoms with E-state index in [-0.39, 0.29) is 16.7 Å². The third-order valence-corrected chi connectivity index (χ3v) is 4.98. The van der Waals surface area contributed by atoms with Crippen LogP contribution in [0.25, 0.3) is 33.2 Å². The van der Waals surface area contributed by atoms with Crippen molar-refractivity contribution in [3.8, 4) is 11.4 Å². The molecule has 0 saturated heterocycles. The second-order valence-electron chi connectivity index (χ2n) is 6.66. The molecule has 148 valence electrons. The van der Waals surface area contributed by atoms with Gasteiger partial charge in [0.15, 0.2) is 17.5 Å². The van der Waals surface area contributed by atoms with Crippen molar-refractivity contribution in [1.29, 1.82) is 0 Å². The van der Waals surface area contributed by atoms with Crippen LogP contribution in [0.2, 0.25) is 5.02 Å². The fourth-order valence-electron chi connectivity index (χ4n) is 3.26. The van der Waals surface area contributed by atoms with E-state index in [1.54, 1.807) is 18.2 Å². The fraction of sp³-hybridized carbons (Fsp3) is 0. The molecule has 0 bridgehead atoms. The molecule has 4 N–H and O–H groups in total. The minimum absolute atomic E-state index is 0.0964. The van der Waals surface area contributed by atoms with Crippen LogP contribution in [-0.4, -0.2) is 20.2 Å². The molecule has 0 atom stereocenters. The van der Waals surface area contributed by atoms with Gasteiger partial charge in [-0.05, 0) is 36.4 Å². The Morgan fingerprint density at radius 3 is 2.60 bits per heavy atom. The number of aromatic amines is 1. The highest BCUT2D eigenvalue weighted by Gasteiger charge is 2.16. The number of benzene rings is 3. The maximum atomic E-state index is 14.0. The monoisotopic (exact) mass is 422 g/mol. The number of halogens is 3. The molecule has 5 rings (SSSR count). The number of anilines is 3. The minimum atomic E-state index is -0.729. The van der Waals surface area contributed by atoms with Crippen molar-refractivity contribution < 1.29 is 8.78 Å². The second kappa shape index (κ2) is 6.93. The van der Waals surface area contributed by atoms with Crippen molar-refractivity contribution in [1.82, 2.24) is 20.2 Å². The maximum absolute atomic E-state index is 14.0. The molecule has 0 fully saturated rings. The topological polar surface area (TPSA) is 92.5 Å². The van der Waals surface area contributed by atoms with E-state index in [4.69, 9.17) is 17.3 Å². The first kappa shape index (κ1) is 18.3. The number of hydrogen-bond acceptors (Lipinski definition) is 5. The van der Waals surface area contributed by atoms with Gasteiger partial charge < -0.3 is 11.1 Å². The van der Waals surface area contributed by atoms with Crippen molar-refractivity contribution >= 4 is 50.7 Å². The zero-order valence-electron chi connectivity index (χ0n) is 15.2. The minimum Gasteiger partial charge on any atom is -0.399 e. The van der Waals surface area contributed by atoms with Crippen LogP contribution in [0, 0.1) is 11.6 Å². The number of hydrogen-bond donors (Lipinski definition) is 3. The summed E-state index contributed by atoms with van der Waals surface area (Å²) in [5, 5.41) is 11.1. The highest BCUT2D eigenvalue weighted by atomic mass is 35.5. The molecule has 2 aromatic heterocycles. The van der Waals surface area contributed by atoms with Gasteiger partial charge >= 0.3 is 0 Å². The number of H-pyrrole nitrogens is 1. The lowest BCUT2D eigenvalue weighted by Gasteiger charge is -2.11. The first-order valence-electron chi connectivity index (χ1n) is 8.92. The maximum Gasteiger partial charge on any atom is 0.163 e. The van der Waals surface area contributed by atoms with E-state index >= 15 is 0 Å². The van der Waals surface area contributed by atoms with Gasteiger partial charge in [0, 0.05) is 22.7 Å². The van der Waals surface area contributed by atoms with Gasteiger partial charge in [0.05, 0.1) is 15.9 Å². The second-order valence-corrected chi connectivity index (χ2v) is 7.07. The van der Waals surface area contributed by atoms with Crippen molar-refractivity contribution in [3.05, 3.63) is 71.3 Å². The number of para-hydroxylation sites is 1. The molecule has 0 aliphatic rings. The Balaban J connectivity index is 1.69. The Morgan fingerprint density at radius 2 is 1.77 bits per heavy atom. The third-order valence-electron chi connectivity index (χ3n) is 4.66. The first-order valence-corrected chi connectivity index (χ1v) is 9.30. The molecule has 0 amide bonds. The molecule has 0 saturated carbocycles. The molecule has 0 spiro atoms. The van der Waals surface area contributed by atoms with E-state index in [0.717, 1.165) is 6.07 Å². The standard InChI is InChI=1S/C21H13ClF2N6/c22-15-9-11(25)5-6-12(15)19-26-17-4-2-1-3-13(17)20(27-19)28-21-14-7-10(23)8-16(24)18(14)29-30-21/h1-9H,25H2,(H2,26,27,28,29,30). The van der Waals surface area contributed by atoms with E-state index in [9.17, 15) is 8.78 Å². The third kappa shape index (κ3) is 3.07. The summed E-state index contributed by atoms with van der Waals surface area (Å²) in [6.07, 6.45) is 0. The number of nitrogen functional groups attached to an aromatic ring is 1. The van der Waals surface area contributed by atoms with Crippen LogP contribution in [0.15, 0.2) is 54.6 Å². The van der Waals surface area contributed by atoms with E-state index in [1.807, 2.05) is 24.3 Å². The summed E-state index contributed by atoms with van der Waals surface area (Å²) < 4.78 is 27.8. The number of nitrogens with two attached hydrogens (primary N) is 1. The van der Waals surface area contributed by atoms with Crippen molar-refractivity contribution in [2.75, 3.05) is 11.1 Å². The molecule has 0 unspecified atom stereocenters. The predicted octanol–water partition coefficient (Wildman–Crippen LogP) is 5.43. The van der Waals surface area contributed by atoms with Gasteiger partial charge in [0.25, 0.3) is 0 Å². The van der Waals surface area contributed by atoms with E-state index in [2.05, 4.69) is 25.5 Å². The van der Waals surface area contributed by atoms with E-state index < -0.39 is 11.6 Å². The highest BCUT2D eigenvalue weighted by Crippen LogP contribution is 2.33. The van der Waals surface area contributed by atoms with Crippen molar-refractivity contribution in [3.63, 3.8) is 0 Å². The summed E-state index contributed by atoms with van der Waals surface area (Å²) in [6, 6.07) is 14.4. The average Bonchev–Trinajstić information content (AvgIpc) is 3.11. The summed E-state index contributed by atoms with van der Waals surface area (Å²) in [5.74, 6) is -0.402. The van der Waals surface area contributed by atoms with Crippen LogP contribution < -0.4 is 11.1 Å². The van der Waals surface area contributed by atoms with Gasteiger partial charge in [-0.1, -0.05) is 23.7 Å². The van der Waals surface area contributed by atoms with E-state index in [0.29, 0.717) is 38.8 Å². The number of aromatic nitrogens is 4. The van der Waals surface area contributed by atoms with Gasteiger partial charge in [-0.3, -0.25) is 5.10 Å². The van der Waals surface area contributed by atoms with E-state index in [1.165, 1.54) is 6.07 Å². The van der Waals surface area contributed by atoms with Gasteiger partial charge in [-0.2, -0.15) is 5.10 Å². The lowest BCUT2D eigenvalue weighted by Crippen LogP contribution is -2.00. The Hall–Kier alpha value is -3.78. The molecule has 0 aliphatic carbocycles. The zero-order valence-corrected chi connectivity index (χ0v) is 16.0. The zero-order chi connectivity index (χ0) is 20.8. The number of fused-ring (bicyclic) bond motifs is 2. The molecule has 0 aliphatic heterocycles. The molecule has 0 radical (unpaired) electrons. The fourth-order valence-corrected chi connectivity index (χ4v) is 3.53. The van der Waals surface area contributed by atoms with Gasteiger partial charge in [0.1, 0.15) is 17.2 Å². The summed E-state index contributed by atoms with van der Waals surface area (Å²) >= 11 is 6.34. The Morgan fingerprint density at radius 1 is 0.933 bits per heavy atom. The van der Waals surface area contributed by atoms with Gasteiger partial charge in [-0.15, -0.1) is 0 Å². The van der Waals surface area contributed by atoms with Crippen LogP contribution in [0.5, 0.6) is 0 Å². The molecule has 6 nitrogen and oxygen atoms in total. The molecular formula is C21H13ClF2N6. The lowest BCUT2D eigenvalue weighted by molar-refractivity contribution is 0.590. The summed E-state index contributed by atoms with van der Waals surface area (Å²) in [6.45, 7) is 0.